The lowest BCUT2D eigenvalue weighted by molar-refractivity contribution is -0.0750. The molecule has 2 bridgehead atoms. The molecule has 5 atom stereocenters. The van der Waals surface area contributed by atoms with E-state index in [2.05, 4.69) is 64.7 Å². The minimum atomic E-state index is -0.570. The Morgan fingerprint density at radius 2 is 1.89 bits per heavy atom. The molecule has 1 N–H and O–H groups in total. The van der Waals surface area contributed by atoms with E-state index in [9.17, 15) is 5.11 Å². The molecule has 4 nitrogen and oxygen atoms in total. The number of hydrogen-bond donors (Lipinski definition) is 1. The fraction of sp³-hybridized carbons (Fsp3) is 0.667. The van der Waals surface area contributed by atoms with E-state index in [0.717, 1.165) is 30.9 Å². The number of likely N-dealkylation sites (tertiary alicyclic amines) is 1. The number of piperidine rings is 1. The van der Waals surface area contributed by atoms with Crippen molar-refractivity contribution in [1.29, 1.82) is 0 Å². The Bertz CT molecular complexity index is 847. The zero-order chi connectivity index (χ0) is 20.1. The van der Waals surface area contributed by atoms with Crippen LogP contribution in [0.3, 0.4) is 0 Å². The molecular weight excluding hydrogens is 350 g/mol. The normalized spacial score (nSPS) is 36.1. The molecule has 4 heteroatoms. The van der Waals surface area contributed by atoms with E-state index in [-0.39, 0.29) is 22.7 Å². The summed E-state index contributed by atoms with van der Waals surface area (Å²) in [6, 6.07) is 4.76. The average molecular weight is 384 g/mol. The lowest BCUT2D eigenvalue weighted by Crippen LogP contribution is -2.68. The van der Waals surface area contributed by atoms with Crippen molar-refractivity contribution >= 4 is 0 Å². The van der Waals surface area contributed by atoms with E-state index in [0.29, 0.717) is 12.0 Å². The van der Waals surface area contributed by atoms with Crippen LogP contribution in [0.4, 0.5) is 0 Å². The van der Waals surface area contributed by atoms with Crippen molar-refractivity contribution in [3.05, 3.63) is 35.4 Å². The van der Waals surface area contributed by atoms with Crippen LogP contribution in [0.5, 0.6) is 11.5 Å². The summed E-state index contributed by atoms with van der Waals surface area (Å²) >= 11 is 0. The Labute approximate surface area is 168 Å². The summed E-state index contributed by atoms with van der Waals surface area (Å²) in [6.07, 6.45) is 5.50. The first-order valence-electron chi connectivity index (χ1n) is 10.7. The van der Waals surface area contributed by atoms with Crippen LogP contribution >= 0.6 is 0 Å². The predicted octanol–water partition coefficient (Wildman–Crippen LogP) is 3.84. The van der Waals surface area contributed by atoms with E-state index in [1.165, 1.54) is 11.1 Å². The highest BCUT2D eigenvalue weighted by Gasteiger charge is 2.65. The molecule has 0 amide bonds. The second-order valence-electron chi connectivity index (χ2n) is 11.0. The molecule has 0 aromatic heterocycles. The maximum absolute atomic E-state index is 10.9. The molecule has 1 aromatic carbocycles. The Morgan fingerprint density at radius 1 is 1.14 bits per heavy atom. The van der Waals surface area contributed by atoms with Gasteiger partial charge < -0.3 is 14.6 Å². The molecule has 1 aromatic rings. The SMILES string of the molecule is CC(C)(C)Oc1ccc2c3c1OC1[C@@H](O)C=CC4C(C2)N(C(C)(C)C)CC[C@@]341. The van der Waals surface area contributed by atoms with Crippen molar-refractivity contribution in [2.45, 2.75) is 89.2 Å². The van der Waals surface area contributed by atoms with Gasteiger partial charge in [0.25, 0.3) is 0 Å². The lowest BCUT2D eigenvalue weighted by atomic mass is 9.53. The minimum Gasteiger partial charge on any atom is -0.484 e. The molecule has 1 fully saturated rings. The number of benzene rings is 1. The van der Waals surface area contributed by atoms with E-state index in [1.54, 1.807) is 0 Å². The van der Waals surface area contributed by atoms with Crippen molar-refractivity contribution in [2.24, 2.45) is 5.92 Å². The standard InChI is InChI=1S/C24H33NO3/c1-22(2,3)25-12-11-24-15-8-9-17(26)21(24)27-20-18(28-23(4,5)6)10-7-14(19(20)24)13-16(15)25/h7-10,15-17,21,26H,11-13H2,1-6H3/t15?,16?,17-,21?,24-/m0/s1. The quantitative estimate of drug-likeness (QED) is 0.748. The van der Waals surface area contributed by atoms with Gasteiger partial charge in [-0.2, -0.15) is 0 Å². The van der Waals surface area contributed by atoms with Gasteiger partial charge >= 0.3 is 0 Å². The van der Waals surface area contributed by atoms with E-state index in [4.69, 9.17) is 9.47 Å². The third kappa shape index (κ3) is 2.37. The van der Waals surface area contributed by atoms with Crippen molar-refractivity contribution in [1.82, 2.24) is 4.90 Å². The molecule has 1 saturated heterocycles. The molecule has 28 heavy (non-hydrogen) atoms. The van der Waals surface area contributed by atoms with E-state index < -0.39 is 6.10 Å². The van der Waals surface area contributed by atoms with E-state index >= 15 is 0 Å². The minimum absolute atomic E-state index is 0.126. The fourth-order valence-electron chi connectivity index (χ4n) is 6.29. The number of nitrogens with zero attached hydrogens (tertiary/aromatic N) is 1. The summed E-state index contributed by atoms with van der Waals surface area (Å²) in [7, 11) is 0. The Kier molecular flexibility index (Phi) is 3.66. The summed E-state index contributed by atoms with van der Waals surface area (Å²) in [5.41, 5.74) is 2.39. The molecule has 0 saturated carbocycles. The molecule has 4 aliphatic rings. The molecule has 5 rings (SSSR count). The van der Waals surface area contributed by atoms with Gasteiger partial charge in [-0.1, -0.05) is 18.2 Å². The van der Waals surface area contributed by atoms with Crippen LogP contribution in [0, 0.1) is 5.92 Å². The van der Waals surface area contributed by atoms with Gasteiger partial charge in [0.1, 0.15) is 17.8 Å². The third-order valence-electron chi connectivity index (χ3n) is 7.13. The van der Waals surface area contributed by atoms with Crippen LogP contribution in [0.25, 0.3) is 0 Å². The van der Waals surface area contributed by atoms with Gasteiger partial charge in [-0.05, 0) is 72.6 Å². The van der Waals surface area contributed by atoms with Crippen LogP contribution in [0.2, 0.25) is 0 Å². The summed E-state index contributed by atoms with van der Waals surface area (Å²) in [4.78, 5) is 2.67. The number of rotatable bonds is 1. The topological polar surface area (TPSA) is 41.9 Å². The molecular formula is C24H33NO3. The maximum atomic E-state index is 10.9. The van der Waals surface area contributed by atoms with Crippen LogP contribution in [-0.4, -0.2) is 45.9 Å². The first kappa shape index (κ1) is 18.5. The molecule has 0 radical (unpaired) electrons. The summed E-state index contributed by atoms with van der Waals surface area (Å²) in [5.74, 6) is 2.07. The highest BCUT2D eigenvalue weighted by molar-refractivity contribution is 5.62. The fourth-order valence-corrected chi connectivity index (χ4v) is 6.29. The predicted molar refractivity (Wildman–Crippen MR) is 110 cm³/mol. The smallest absolute Gasteiger partial charge is 0.166 e. The van der Waals surface area contributed by atoms with Crippen LogP contribution in [0.15, 0.2) is 24.3 Å². The van der Waals surface area contributed by atoms with E-state index in [1.807, 2.05) is 6.08 Å². The third-order valence-corrected chi connectivity index (χ3v) is 7.13. The molecule has 2 heterocycles. The Hall–Kier alpha value is -1.52. The monoisotopic (exact) mass is 383 g/mol. The highest BCUT2D eigenvalue weighted by Crippen LogP contribution is 2.63. The largest absolute Gasteiger partial charge is 0.484 e. The Balaban J connectivity index is 1.70. The summed E-state index contributed by atoms with van der Waals surface area (Å²) in [5, 5.41) is 10.9. The van der Waals surface area contributed by atoms with Crippen molar-refractivity contribution in [3.8, 4) is 11.5 Å². The maximum Gasteiger partial charge on any atom is 0.166 e. The first-order chi connectivity index (χ1) is 13.0. The number of aliphatic hydroxyl groups is 1. The van der Waals surface area contributed by atoms with Crippen molar-refractivity contribution in [3.63, 3.8) is 0 Å². The van der Waals surface area contributed by atoms with Crippen molar-refractivity contribution < 1.29 is 14.6 Å². The van der Waals surface area contributed by atoms with Crippen LogP contribution < -0.4 is 9.47 Å². The molecule has 1 spiro atoms. The number of hydrogen-bond acceptors (Lipinski definition) is 4. The van der Waals surface area contributed by atoms with Gasteiger partial charge in [-0.15, -0.1) is 0 Å². The second-order valence-corrected chi connectivity index (χ2v) is 11.0. The van der Waals surface area contributed by atoms with Crippen LogP contribution in [-0.2, 0) is 11.8 Å². The van der Waals surface area contributed by atoms with Gasteiger partial charge in [0.2, 0.25) is 0 Å². The molecule has 152 valence electrons. The highest BCUT2D eigenvalue weighted by atomic mass is 16.5. The Morgan fingerprint density at radius 3 is 2.57 bits per heavy atom. The average Bonchev–Trinajstić information content (AvgIpc) is 2.90. The van der Waals surface area contributed by atoms with Crippen LogP contribution in [0.1, 0.15) is 59.1 Å². The zero-order valence-corrected chi connectivity index (χ0v) is 18.0. The molecule has 2 aliphatic heterocycles. The summed E-state index contributed by atoms with van der Waals surface area (Å²) < 4.78 is 12.8. The zero-order valence-electron chi connectivity index (χ0n) is 18.0. The van der Waals surface area contributed by atoms with Crippen molar-refractivity contribution in [2.75, 3.05) is 6.54 Å². The number of ether oxygens (including phenoxy) is 2. The lowest BCUT2D eigenvalue weighted by Gasteiger charge is -2.59. The number of aliphatic hydroxyl groups excluding tert-OH is 1. The summed E-state index contributed by atoms with van der Waals surface area (Å²) in [6.45, 7) is 14.2. The molecule has 2 aliphatic carbocycles. The second kappa shape index (κ2) is 5.54. The molecule has 3 unspecified atom stereocenters. The van der Waals surface area contributed by atoms with Gasteiger partial charge in [0.15, 0.2) is 11.5 Å². The van der Waals surface area contributed by atoms with Gasteiger partial charge in [-0.25, -0.2) is 0 Å². The van der Waals surface area contributed by atoms with Gasteiger partial charge in [-0.3, -0.25) is 4.90 Å². The van der Waals surface area contributed by atoms with Gasteiger partial charge in [0, 0.05) is 28.5 Å². The van der Waals surface area contributed by atoms with Gasteiger partial charge in [0.05, 0.1) is 0 Å². The first-order valence-corrected chi connectivity index (χ1v) is 10.7.